The van der Waals surface area contributed by atoms with Crippen LogP contribution in [0.25, 0.3) is 0 Å². The maximum absolute atomic E-state index is 12.3. The van der Waals surface area contributed by atoms with Crippen molar-refractivity contribution in [1.29, 1.82) is 0 Å². The van der Waals surface area contributed by atoms with E-state index in [1.165, 1.54) is 17.3 Å². The van der Waals surface area contributed by atoms with Gasteiger partial charge in [0.1, 0.15) is 5.75 Å². The van der Waals surface area contributed by atoms with Gasteiger partial charge < -0.3 is 14.6 Å². The van der Waals surface area contributed by atoms with Crippen LogP contribution in [0.1, 0.15) is 44.2 Å². The summed E-state index contributed by atoms with van der Waals surface area (Å²) in [6.07, 6.45) is -0.285. The Morgan fingerprint density at radius 3 is 2.55 bits per heavy atom. The van der Waals surface area contributed by atoms with Crippen LogP contribution in [0.2, 0.25) is 5.02 Å². The van der Waals surface area contributed by atoms with Crippen LogP contribution in [0.4, 0.5) is 5.69 Å². The molecule has 164 valence electrons. The third kappa shape index (κ3) is 6.24. The number of benzene rings is 2. The Morgan fingerprint density at radius 2 is 1.90 bits per heavy atom. The molecule has 0 saturated carbocycles. The van der Waals surface area contributed by atoms with Gasteiger partial charge in [-0.15, -0.1) is 10.2 Å². The zero-order valence-electron chi connectivity index (χ0n) is 17.7. The molecule has 0 bridgehead atoms. The second kappa shape index (κ2) is 10.5. The van der Waals surface area contributed by atoms with Crippen molar-refractivity contribution in [2.75, 3.05) is 11.1 Å². The fraction of sp³-hybridized carbons (Fsp3) is 0.318. The number of hydrogen-bond donors (Lipinski definition) is 1. The minimum Gasteiger partial charge on any atom is -0.483 e. The lowest BCUT2D eigenvalue weighted by molar-refractivity contribution is -0.113. The molecule has 1 N–H and O–H groups in total. The summed E-state index contributed by atoms with van der Waals surface area (Å²) in [4.78, 5) is 12.3. The summed E-state index contributed by atoms with van der Waals surface area (Å²) < 4.78 is 8.72. The Kier molecular flexibility index (Phi) is 8.02. The number of carbonyl (C=O) groups excluding carboxylic acids is 1. The second-order valence-electron chi connectivity index (χ2n) is 7.34. The van der Waals surface area contributed by atoms with Crippen molar-refractivity contribution < 1.29 is 9.53 Å². The fourth-order valence-electron chi connectivity index (χ4n) is 2.90. The Bertz CT molecular complexity index is 1060. The normalized spacial score (nSPS) is 12.1. The number of nitrogens with one attached hydrogen (secondary N) is 1. The summed E-state index contributed by atoms with van der Waals surface area (Å²) in [6, 6.07) is 13.4. The lowest BCUT2D eigenvalue weighted by Gasteiger charge is -2.15. The molecule has 1 unspecified atom stereocenters. The van der Waals surface area contributed by atoms with E-state index in [1.807, 2.05) is 36.7 Å². The van der Waals surface area contributed by atoms with Crippen molar-refractivity contribution >= 4 is 50.9 Å². The van der Waals surface area contributed by atoms with Gasteiger partial charge in [-0.25, -0.2) is 0 Å². The summed E-state index contributed by atoms with van der Waals surface area (Å²) in [7, 11) is 1.86. The van der Waals surface area contributed by atoms with Gasteiger partial charge in [-0.2, -0.15) is 0 Å². The lowest BCUT2D eigenvalue weighted by Crippen LogP contribution is -2.15. The first-order valence-corrected chi connectivity index (χ1v) is 11.9. The van der Waals surface area contributed by atoms with Crippen LogP contribution in [0.15, 0.2) is 52.1 Å². The van der Waals surface area contributed by atoms with Gasteiger partial charge in [0.15, 0.2) is 17.1 Å². The fourth-order valence-corrected chi connectivity index (χ4v) is 4.34. The number of halogens is 2. The van der Waals surface area contributed by atoms with Crippen LogP contribution in [0.5, 0.6) is 5.75 Å². The quantitative estimate of drug-likeness (QED) is 0.355. The Labute approximate surface area is 199 Å². The first-order valence-electron chi connectivity index (χ1n) is 9.78. The Morgan fingerprint density at radius 1 is 1.19 bits per heavy atom. The summed E-state index contributed by atoms with van der Waals surface area (Å²) in [5, 5.41) is 12.4. The minimum atomic E-state index is -0.285. The SMILES string of the molecule is CC(C)c1ccc(OC(C)c2nnc(SCC(=O)Nc3ccc(Br)cc3Cl)n2C)cc1. The third-order valence-electron chi connectivity index (χ3n) is 4.63. The number of aromatic nitrogens is 3. The highest BCUT2D eigenvalue weighted by Gasteiger charge is 2.18. The highest BCUT2D eigenvalue weighted by Crippen LogP contribution is 2.27. The maximum Gasteiger partial charge on any atom is 0.234 e. The van der Waals surface area contributed by atoms with E-state index in [0.29, 0.717) is 27.6 Å². The molecule has 0 aliphatic carbocycles. The Hall–Kier alpha value is -2.03. The summed E-state index contributed by atoms with van der Waals surface area (Å²) >= 11 is 10.8. The largest absolute Gasteiger partial charge is 0.483 e. The predicted octanol–water partition coefficient (Wildman–Crippen LogP) is 6.23. The molecule has 1 heterocycles. The highest BCUT2D eigenvalue weighted by molar-refractivity contribution is 9.10. The van der Waals surface area contributed by atoms with Crippen molar-refractivity contribution in [3.05, 3.63) is 63.3 Å². The van der Waals surface area contributed by atoms with E-state index in [1.54, 1.807) is 12.1 Å². The van der Waals surface area contributed by atoms with Crippen molar-refractivity contribution in [2.45, 2.75) is 37.9 Å². The molecule has 0 spiro atoms. The van der Waals surface area contributed by atoms with Gasteiger partial charge in [-0.1, -0.05) is 65.3 Å². The molecular formula is C22H24BrClN4O2S. The molecule has 0 aliphatic rings. The molecule has 2 aromatic carbocycles. The lowest BCUT2D eigenvalue weighted by atomic mass is 10.0. The van der Waals surface area contributed by atoms with E-state index in [2.05, 4.69) is 57.4 Å². The van der Waals surface area contributed by atoms with E-state index in [9.17, 15) is 4.79 Å². The van der Waals surface area contributed by atoms with Gasteiger partial charge >= 0.3 is 0 Å². The van der Waals surface area contributed by atoms with Crippen LogP contribution < -0.4 is 10.1 Å². The highest BCUT2D eigenvalue weighted by atomic mass is 79.9. The molecule has 3 rings (SSSR count). The van der Waals surface area contributed by atoms with Crippen LogP contribution in [-0.2, 0) is 11.8 Å². The van der Waals surface area contributed by atoms with Gasteiger partial charge in [0.2, 0.25) is 5.91 Å². The van der Waals surface area contributed by atoms with Crippen LogP contribution in [0, 0.1) is 0 Å². The molecule has 0 aliphatic heterocycles. The molecule has 31 heavy (non-hydrogen) atoms. The van der Waals surface area contributed by atoms with Gasteiger partial charge in [-0.3, -0.25) is 4.79 Å². The number of ether oxygens (including phenoxy) is 1. The third-order valence-corrected chi connectivity index (χ3v) is 6.46. The molecule has 1 atom stereocenters. The second-order valence-corrected chi connectivity index (χ2v) is 9.61. The molecular weight excluding hydrogens is 500 g/mol. The molecule has 0 radical (unpaired) electrons. The molecule has 1 aromatic heterocycles. The van der Waals surface area contributed by atoms with Gasteiger partial charge in [0.25, 0.3) is 0 Å². The van der Waals surface area contributed by atoms with E-state index < -0.39 is 0 Å². The molecule has 0 saturated heterocycles. The zero-order chi connectivity index (χ0) is 22.5. The number of carbonyl (C=O) groups is 1. The van der Waals surface area contributed by atoms with Crippen molar-refractivity contribution in [2.24, 2.45) is 7.05 Å². The molecule has 9 heteroatoms. The summed E-state index contributed by atoms with van der Waals surface area (Å²) in [6.45, 7) is 6.24. The number of hydrogen-bond acceptors (Lipinski definition) is 5. The zero-order valence-corrected chi connectivity index (χ0v) is 20.9. The number of thioether (sulfide) groups is 1. The van der Waals surface area contributed by atoms with Crippen molar-refractivity contribution in [1.82, 2.24) is 14.8 Å². The van der Waals surface area contributed by atoms with E-state index in [4.69, 9.17) is 16.3 Å². The van der Waals surface area contributed by atoms with Crippen molar-refractivity contribution in [3.63, 3.8) is 0 Å². The first kappa shape index (κ1) is 23.6. The van der Waals surface area contributed by atoms with E-state index >= 15 is 0 Å². The average molecular weight is 524 g/mol. The predicted molar refractivity (Wildman–Crippen MR) is 129 cm³/mol. The van der Waals surface area contributed by atoms with Gasteiger partial charge in [-0.05, 0) is 48.7 Å². The van der Waals surface area contributed by atoms with Crippen LogP contribution in [0.3, 0.4) is 0 Å². The molecule has 0 fully saturated rings. The first-order chi connectivity index (χ1) is 14.7. The molecule has 1 amide bonds. The van der Waals surface area contributed by atoms with E-state index in [-0.39, 0.29) is 17.8 Å². The number of rotatable bonds is 8. The number of nitrogens with zero attached hydrogens (tertiary/aromatic N) is 3. The topological polar surface area (TPSA) is 69.0 Å². The van der Waals surface area contributed by atoms with Gasteiger partial charge in [0, 0.05) is 11.5 Å². The maximum atomic E-state index is 12.3. The standard InChI is InChI=1S/C22H24BrClN4O2S/c1-13(2)15-5-8-17(9-6-15)30-14(3)21-26-27-22(28(21)4)31-12-20(29)25-19-10-7-16(23)11-18(19)24/h5-11,13-14H,12H2,1-4H3,(H,25,29). The summed E-state index contributed by atoms with van der Waals surface area (Å²) in [5.74, 6) is 1.95. The Balaban J connectivity index is 1.58. The van der Waals surface area contributed by atoms with Gasteiger partial charge in [0.05, 0.1) is 16.5 Å². The van der Waals surface area contributed by atoms with Crippen LogP contribution in [-0.4, -0.2) is 26.4 Å². The molecule has 3 aromatic rings. The number of amides is 1. The van der Waals surface area contributed by atoms with Crippen LogP contribution >= 0.6 is 39.3 Å². The van der Waals surface area contributed by atoms with Crippen molar-refractivity contribution in [3.8, 4) is 5.75 Å². The minimum absolute atomic E-state index is 0.173. The molecule has 6 nitrogen and oxygen atoms in total. The average Bonchev–Trinajstić information content (AvgIpc) is 3.09. The smallest absolute Gasteiger partial charge is 0.234 e. The summed E-state index contributed by atoms with van der Waals surface area (Å²) in [5.41, 5.74) is 1.83. The monoisotopic (exact) mass is 522 g/mol. The van der Waals surface area contributed by atoms with E-state index in [0.717, 1.165) is 10.2 Å². The number of anilines is 1.